The molecule has 0 aromatic heterocycles. The van der Waals surface area contributed by atoms with Crippen molar-refractivity contribution in [2.24, 2.45) is 0 Å². The summed E-state index contributed by atoms with van der Waals surface area (Å²) in [5, 5.41) is 0. The minimum Gasteiger partial charge on any atom is -0.312 e. The van der Waals surface area contributed by atoms with Crippen LogP contribution in [0.4, 0.5) is 0 Å². The van der Waals surface area contributed by atoms with Gasteiger partial charge in [0, 0.05) is 19.1 Å². The molecule has 0 radical (unpaired) electrons. The van der Waals surface area contributed by atoms with E-state index in [4.69, 9.17) is 9.05 Å². The standard InChI is InChI=1S/C9H25O3PSi2/c1-11-13(10,12-2)9(14(3,4)5)15(6,7)8/h9H,1-8H3. The highest BCUT2D eigenvalue weighted by Gasteiger charge is 2.50. The molecule has 0 spiro atoms. The molecule has 6 heteroatoms. The summed E-state index contributed by atoms with van der Waals surface area (Å²) >= 11 is 0. The van der Waals surface area contributed by atoms with Crippen LogP contribution in [0.5, 0.6) is 0 Å². The van der Waals surface area contributed by atoms with E-state index in [0.717, 1.165) is 0 Å². The van der Waals surface area contributed by atoms with E-state index >= 15 is 0 Å². The summed E-state index contributed by atoms with van der Waals surface area (Å²) in [6, 6.07) is 0. The predicted octanol–water partition coefficient (Wildman–Crippen LogP) is 3.60. The van der Waals surface area contributed by atoms with Gasteiger partial charge in [-0.1, -0.05) is 39.3 Å². The van der Waals surface area contributed by atoms with Gasteiger partial charge in [-0.25, -0.2) is 0 Å². The highest BCUT2D eigenvalue weighted by molar-refractivity contribution is 7.62. The van der Waals surface area contributed by atoms with E-state index in [0.29, 0.717) is 0 Å². The van der Waals surface area contributed by atoms with Gasteiger partial charge in [0.2, 0.25) is 0 Å². The molecule has 0 aliphatic rings. The lowest BCUT2D eigenvalue weighted by molar-refractivity contribution is 0.277. The first-order valence-electron chi connectivity index (χ1n) is 5.20. The summed E-state index contributed by atoms with van der Waals surface area (Å²) < 4.78 is 23.0. The molecule has 0 amide bonds. The summed E-state index contributed by atoms with van der Waals surface area (Å²) in [6.07, 6.45) is 0. The topological polar surface area (TPSA) is 35.5 Å². The fraction of sp³-hybridized carbons (Fsp3) is 1.00. The van der Waals surface area contributed by atoms with E-state index in [2.05, 4.69) is 39.3 Å². The number of hydrogen-bond acceptors (Lipinski definition) is 3. The second-order valence-electron chi connectivity index (χ2n) is 6.04. The molecule has 92 valence electrons. The van der Waals surface area contributed by atoms with Crippen LogP contribution in [-0.4, -0.2) is 35.3 Å². The fourth-order valence-corrected chi connectivity index (χ4v) is 22.4. The number of hydrogen-bond donors (Lipinski definition) is 0. The molecule has 0 aromatic carbocycles. The van der Waals surface area contributed by atoms with Crippen molar-refractivity contribution in [2.75, 3.05) is 14.2 Å². The van der Waals surface area contributed by atoms with Crippen LogP contribution in [0.2, 0.25) is 39.3 Å². The summed E-state index contributed by atoms with van der Waals surface area (Å²) in [6.45, 7) is 13.4. The molecule has 0 aromatic rings. The normalized spacial score (nSPS) is 14.7. The lowest BCUT2D eigenvalue weighted by Crippen LogP contribution is -2.53. The number of rotatable bonds is 5. The molecule has 0 heterocycles. The van der Waals surface area contributed by atoms with Crippen molar-refractivity contribution in [3.63, 3.8) is 0 Å². The Hall–Kier alpha value is 0.584. The van der Waals surface area contributed by atoms with Gasteiger partial charge in [-0.2, -0.15) is 0 Å². The van der Waals surface area contributed by atoms with Gasteiger partial charge in [0.05, 0.1) is 16.1 Å². The van der Waals surface area contributed by atoms with E-state index in [1.165, 1.54) is 14.2 Å². The first-order chi connectivity index (χ1) is 6.49. The molecule has 0 fully saturated rings. The van der Waals surface area contributed by atoms with Crippen molar-refractivity contribution in [2.45, 2.75) is 44.2 Å². The van der Waals surface area contributed by atoms with Crippen LogP contribution in [0.25, 0.3) is 0 Å². The van der Waals surface area contributed by atoms with Crippen LogP contribution in [0, 0.1) is 0 Å². The molecule has 0 unspecified atom stereocenters. The lowest BCUT2D eigenvalue weighted by atomic mass is 11.7. The van der Waals surface area contributed by atoms with E-state index < -0.39 is 23.7 Å². The Kier molecular flexibility index (Phi) is 5.03. The van der Waals surface area contributed by atoms with Gasteiger partial charge >= 0.3 is 7.60 Å². The average molecular weight is 268 g/mol. The Morgan fingerprint density at radius 1 is 0.867 bits per heavy atom. The maximum atomic E-state index is 12.6. The highest BCUT2D eigenvalue weighted by Crippen LogP contribution is 2.57. The van der Waals surface area contributed by atoms with Crippen molar-refractivity contribution in [1.82, 2.24) is 0 Å². The third-order valence-electron chi connectivity index (χ3n) is 2.47. The molecule has 0 rings (SSSR count). The van der Waals surface area contributed by atoms with Crippen LogP contribution < -0.4 is 0 Å². The summed E-state index contributed by atoms with van der Waals surface area (Å²) in [4.78, 5) is 0.146. The Bertz CT molecular complexity index is 233. The first kappa shape index (κ1) is 15.6. The van der Waals surface area contributed by atoms with Crippen molar-refractivity contribution in [3.8, 4) is 0 Å². The molecule has 0 aliphatic heterocycles. The molecule has 15 heavy (non-hydrogen) atoms. The largest absolute Gasteiger partial charge is 0.327 e. The first-order valence-corrected chi connectivity index (χ1v) is 14.0. The molecular weight excluding hydrogens is 243 g/mol. The zero-order valence-corrected chi connectivity index (χ0v) is 14.1. The van der Waals surface area contributed by atoms with Gasteiger partial charge in [-0.3, -0.25) is 4.57 Å². The second kappa shape index (κ2) is 4.84. The maximum absolute atomic E-state index is 12.6. The second-order valence-corrected chi connectivity index (χ2v) is 20.5. The predicted molar refractivity (Wildman–Crippen MR) is 72.1 cm³/mol. The Balaban J connectivity index is 5.41. The minimum atomic E-state index is -2.91. The highest BCUT2D eigenvalue weighted by atomic mass is 31.2. The average Bonchev–Trinajstić information content (AvgIpc) is 1.98. The third-order valence-corrected chi connectivity index (χ3v) is 19.1. The Labute approximate surface area is 96.1 Å². The SMILES string of the molecule is COP(=O)(OC)C([Si](C)(C)C)[Si](C)(C)C. The van der Waals surface area contributed by atoms with Gasteiger partial charge in [-0.15, -0.1) is 0 Å². The summed E-state index contributed by atoms with van der Waals surface area (Å²) in [5.41, 5.74) is 0. The van der Waals surface area contributed by atoms with Gasteiger partial charge in [0.15, 0.2) is 0 Å². The molecule has 3 nitrogen and oxygen atoms in total. The van der Waals surface area contributed by atoms with Crippen LogP contribution in [-0.2, 0) is 13.6 Å². The zero-order valence-electron chi connectivity index (χ0n) is 11.2. The molecule has 0 N–H and O–H groups in total. The maximum Gasteiger partial charge on any atom is 0.327 e. The molecular formula is C9H25O3PSi2. The van der Waals surface area contributed by atoms with E-state index in [1.54, 1.807) is 0 Å². The fourth-order valence-electron chi connectivity index (χ4n) is 2.53. The minimum absolute atomic E-state index is 0.146. The Morgan fingerprint density at radius 2 is 1.13 bits per heavy atom. The van der Waals surface area contributed by atoms with Crippen molar-refractivity contribution in [3.05, 3.63) is 0 Å². The zero-order chi connectivity index (χ0) is 12.5. The lowest BCUT2D eigenvalue weighted by Gasteiger charge is -2.40. The molecule has 0 bridgehead atoms. The van der Waals surface area contributed by atoms with E-state index in [-0.39, 0.29) is 4.91 Å². The summed E-state index contributed by atoms with van der Waals surface area (Å²) in [7, 11) is -3.02. The van der Waals surface area contributed by atoms with Crippen molar-refractivity contribution in [1.29, 1.82) is 0 Å². The van der Waals surface area contributed by atoms with Crippen LogP contribution in [0.1, 0.15) is 0 Å². The van der Waals surface area contributed by atoms with Crippen LogP contribution in [0.3, 0.4) is 0 Å². The van der Waals surface area contributed by atoms with Crippen LogP contribution >= 0.6 is 7.60 Å². The van der Waals surface area contributed by atoms with Crippen molar-refractivity contribution >= 4 is 23.7 Å². The quantitative estimate of drug-likeness (QED) is 0.564. The van der Waals surface area contributed by atoms with Crippen molar-refractivity contribution < 1.29 is 13.6 Å². The third kappa shape index (κ3) is 3.82. The van der Waals surface area contributed by atoms with E-state index in [9.17, 15) is 4.57 Å². The monoisotopic (exact) mass is 268 g/mol. The van der Waals surface area contributed by atoms with Gasteiger partial charge in [0.25, 0.3) is 0 Å². The molecule has 0 atom stereocenters. The smallest absolute Gasteiger partial charge is 0.312 e. The summed E-state index contributed by atoms with van der Waals surface area (Å²) in [5.74, 6) is 0. The van der Waals surface area contributed by atoms with Gasteiger partial charge in [0.1, 0.15) is 0 Å². The van der Waals surface area contributed by atoms with Gasteiger partial charge in [-0.05, 0) is 0 Å². The van der Waals surface area contributed by atoms with Crippen LogP contribution in [0.15, 0.2) is 0 Å². The van der Waals surface area contributed by atoms with Gasteiger partial charge < -0.3 is 9.05 Å². The van der Waals surface area contributed by atoms with E-state index in [1.807, 2.05) is 0 Å². The molecule has 0 saturated heterocycles. The Morgan fingerprint density at radius 3 is 1.20 bits per heavy atom. The molecule has 0 aliphatic carbocycles. The molecule has 0 saturated carbocycles.